The van der Waals surface area contributed by atoms with Crippen molar-refractivity contribution in [1.82, 2.24) is 15.0 Å². The van der Waals surface area contributed by atoms with Gasteiger partial charge in [0, 0.05) is 27.8 Å². The maximum absolute atomic E-state index is 6.55. The minimum absolute atomic E-state index is 0.336. The summed E-state index contributed by atoms with van der Waals surface area (Å²) < 4.78 is 12.6. The molecule has 2 aromatic heterocycles. The molecule has 190 valence electrons. The molecule has 1 unspecified atom stereocenters. The van der Waals surface area contributed by atoms with E-state index >= 15 is 0 Å². The van der Waals surface area contributed by atoms with Crippen LogP contribution in [0.15, 0.2) is 77.2 Å². The predicted octanol–water partition coefficient (Wildman–Crippen LogP) is 7.95. The van der Waals surface area contributed by atoms with E-state index in [9.17, 15) is 0 Å². The Hall–Kier alpha value is -3.57. The van der Waals surface area contributed by atoms with Crippen molar-refractivity contribution in [3.8, 4) is 22.8 Å². The monoisotopic (exact) mass is 501 g/mol. The molecule has 0 bridgehead atoms. The van der Waals surface area contributed by atoms with E-state index in [-0.39, 0.29) is 0 Å². The van der Waals surface area contributed by atoms with Gasteiger partial charge in [-0.2, -0.15) is 0 Å². The molecule has 5 aromatic rings. The fraction of sp³-hybridized carbons (Fsp3) is 0.364. The Morgan fingerprint density at radius 2 is 1.37 bits per heavy atom. The van der Waals surface area contributed by atoms with Gasteiger partial charge in [0.1, 0.15) is 17.0 Å². The summed E-state index contributed by atoms with van der Waals surface area (Å²) in [7, 11) is 0. The van der Waals surface area contributed by atoms with E-state index in [0.29, 0.717) is 30.0 Å². The Morgan fingerprint density at radius 3 is 2.29 bits per heavy atom. The zero-order chi connectivity index (χ0) is 25.1. The largest absolute Gasteiger partial charge is 0.456 e. The standard InChI is InChI=1S/C33H31N3O2/c1-2-8-20(9-3-1)31-34-32(21-14-16-29-25(18-21)23-10-4-6-12-27(23)37-29)36-33(35-31)22-15-17-30-26(19-22)24-11-5-7-13-28(24)38-30/h1-4,6,8-10,12,14,16,18,22,24,26,28,30H,5,7,11,13,15,17,19H2/t22-,24?,26+,28-,30+/m1/s1. The molecule has 38 heavy (non-hydrogen) atoms. The molecule has 0 N–H and O–H groups in total. The lowest BCUT2D eigenvalue weighted by Crippen LogP contribution is -2.30. The second-order valence-corrected chi connectivity index (χ2v) is 11.4. The number of hydrogen-bond acceptors (Lipinski definition) is 5. The molecule has 0 radical (unpaired) electrons. The average molecular weight is 502 g/mol. The van der Waals surface area contributed by atoms with Crippen LogP contribution >= 0.6 is 0 Å². The molecule has 5 heteroatoms. The molecule has 3 aromatic carbocycles. The Bertz CT molecular complexity index is 1630. The highest BCUT2D eigenvalue weighted by Gasteiger charge is 2.48. The Labute approximate surface area is 222 Å². The third-order valence-corrected chi connectivity index (χ3v) is 9.17. The molecule has 5 nitrogen and oxygen atoms in total. The molecule has 3 fully saturated rings. The second kappa shape index (κ2) is 9.02. The fourth-order valence-electron chi connectivity index (χ4n) is 7.33. The van der Waals surface area contributed by atoms with Crippen LogP contribution in [0.2, 0.25) is 0 Å². The van der Waals surface area contributed by atoms with Gasteiger partial charge in [-0.1, -0.05) is 61.4 Å². The number of hydrogen-bond donors (Lipinski definition) is 0. The van der Waals surface area contributed by atoms with Crippen molar-refractivity contribution in [3.63, 3.8) is 0 Å². The molecule has 1 aliphatic heterocycles. The van der Waals surface area contributed by atoms with E-state index in [2.05, 4.69) is 36.4 Å². The first-order valence-electron chi connectivity index (χ1n) is 14.2. The number of ether oxygens (including phenoxy) is 1. The van der Waals surface area contributed by atoms with Gasteiger partial charge in [0.25, 0.3) is 0 Å². The lowest BCUT2D eigenvalue weighted by atomic mass is 9.70. The van der Waals surface area contributed by atoms with Crippen molar-refractivity contribution in [2.24, 2.45) is 11.8 Å². The number of aromatic nitrogens is 3. The summed E-state index contributed by atoms with van der Waals surface area (Å²) in [6, 6.07) is 24.8. The van der Waals surface area contributed by atoms with E-state index in [1.807, 2.05) is 36.4 Å². The van der Waals surface area contributed by atoms with Crippen molar-refractivity contribution >= 4 is 21.9 Å². The molecule has 8 rings (SSSR count). The average Bonchev–Trinajstić information content (AvgIpc) is 3.55. The van der Waals surface area contributed by atoms with Crippen LogP contribution in [0.3, 0.4) is 0 Å². The molecule has 3 aliphatic rings. The van der Waals surface area contributed by atoms with Crippen LogP contribution in [0, 0.1) is 11.8 Å². The van der Waals surface area contributed by atoms with Crippen LogP contribution in [0.4, 0.5) is 0 Å². The van der Waals surface area contributed by atoms with Crippen LogP contribution in [0.5, 0.6) is 0 Å². The van der Waals surface area contributed by atoms with Crippen molar-refractivity contribution in [2.75, 3.05) is 0 Å². The maximum atomic E-state index is 6.55. The van der Waals surface area contributed by atoms with E-state index in [1.54, 1.807) is 0 Å². The third kappa shape index (κ3) is 3.75. The van der Waals surface area contributed by atoms with E-state index in [4.69, 9.17) is 24.1 Å². The smallest absolute Gasteiger partial charge is 0.163 e. The predicted molar refractivity (Wildman–Crippen MR) is 149 cm³/mol. The zero-order valence-electron chi connectivity index (χ0n) is 21.4. The maximum Gasteiger partial charge on any atom is 0.163 e. The zero-order valence-corrected chi connectivity index (χ0v) is 21.4. The van der Waals surface area contributed by atoms with Crippen LogP contribution in [-0.4, -0.2) is 27.2 Å². The van der Waals surface area contributed by atoms with E-state index < -0.39 is 0 Å². The molecule has 0 amide bonds. The number of fused-ring (bicyclic) bond motifs is 6. The molecular weight excluding hydrogens is 470 g/mol. The summed E-state index contributed by atoms with van der Waals surface area (Å²) in [5, 5.41) is 2.21. The van der Waals surface area contributed by atoms with Crippen LogP contribution in [0.25, 0.3) is 44.7 Å². The summed E-state index contributed by atoms with van der Waals surface area (Å²) in [5.74, 6) is 4.10. The Morgan fingerprint density at radius 1 is 0.605 bits per heavy atom. The van der Waals surface area contributed by atoms with Crippen molar-refractivity contribution in [3.05, 3.63) is 78.6 Å². The lowest BCUT2D eigenvalue weighted by molar-refractivity contribution is 0.00395. The topological polar surface area (TPSA) is 61.0 Å². The number of benzene rings is 3. The first-order chi connectivity index (χ1) is 18.8. The molecule has 1 saturated heterocycles. The van der Waals surface area contributed by atoms with Crippen LogP contribution in [-0.2, 0) is 4.74 Å². The molecule has 3 heterocycles. The fourth-order valence-corrected chi connectivity index (χ4v) is 7.33. The third-order valence-electron chi connectivity index (χ3n) is 9.17. The summed E-state index contributed by atoms with van der Waals surface area (Å²) in [6.07, 6.45) is 9.41. The highest BCUT2D eigenvalue weighted by Crippen LogP contribution is 2.50. The van der Waals surface area contributed by atoms with Gasteiger partial charge in [-0.25, -0.2) is 15.0 Å². The van der Waals surface area contributed by atoms with Gasteiger partial charge in [0.05, 0.1) is 12.2 Å². The summed E-state index contributed by atoms with van der Waals surface area (Å²) in [6.45, 7) is 0. The Kier molecular flexibility index (Phi) is 5.32. The first kappa shape index (κ1) is 22.4. The number of furan rings is 1. The van der Waals surface area contributed by atoms with Gasteiger partial charge in [0.2, 0.25) is 0 Å². The summed E-state index contributed by atoms with van der Waals surface area (Å²) in [5.41, 5.74) is 3.80. The summed E-state index contributed by atoms with van der Waals surface area (Å²) >= 11 is 0. The summed E-state index contributed by atoms with van der Waals surface area (Å²) in [4.78, 5) is 15.2. The van der Waals surface area contributed by atoms with Crippen molar-refractivity contribution in [1.29, 1.82) is 0 Å². The molecule has 2 aliphatic carbocycles. The van der Waals surface area contributed by atoms with Crippen LogP contribution in [0.1, 0.15) is 56.7 Å². The van der Waals surface area contributed by atoms with Gasteiger partial charge < -0.3 is 9.15 Å². The number of para-hydroxylation sites is 1. The van der Waals surface area contributed by atoms with Crippen molar-refractivity contribution < 1.29 is 9.15 Å². The normalized spacial score (nSPS) is 26.9. The number of nitrogens with zero attached hydrogens (tertiary/aromatic N) is 3. The van der Waals surface area contributed by atoms with E-state index in [1.165, 1.54) is 25.7 Å². The first-order valence-corrected chi connectivity index (χ1v) is 14.2. The van der Waals surface area contributed by atoms with Gasteiger partial charge in [-0.05, 0) is 68.2 Å². The van der Waals surface area contributed by atoms with Crippen molar-refractivity contribution in [2.45, 2.75) is 63.1 Å². The van der Waals surface area contributed by atoms with Gasteiger partial charge >= 0.3 is 0 Å². The second-order valence-electron chi connectivity index (χ2n) is 11.4. The quantitative estimate of drug-likeness (QED) is 0.251. The Balaban J connectivity index is 1.21. The molecule has 0 spiro atoms. The highest BCUT2D eigenvalue weighted by molar-refractivity contribution is 6.06. The van der Waals surface area contributed by atoms with Crippen LogP contribution < -0.4 is 0 Å². The molecule has 5 atom stereocenters. The minimum Gasteiger partial charge on any atom is -0.456 e. The van der Waals surface area contributed by atoms with Gasteiger partial charge in [-0.15, -0.1) is 0 Å². The SMILES string of the molecule is c1ccc(-c2nc(-c3ccc4oc5ccccc5c4c3)nc([C@@H]3CC[C@@H]4O[C@@H]5CCCCC5[C@@H]4C3)n2)cc1. The van der Waals surface area contributed by atoms with Gasteiger partial charge in [-0.3, -0.25) is 0 Å². The molecular formula is C33H31N3O2. The van der Waals surface area contributed by atoms with Gasteiger partial charge in [0.15, 0.2) is 11.6 Å². The number of rotatable bonds is 3. The van der Waals surface area contributed by atoms with E-state index in [0.717, 1.165) is 69.8 Å². The highest BCUT2D eigenvalue weighted by atomic mass is 16.5. The minimum atomic E-state index is 0.336. The molecule has 2 saturated carbocycles. The lowest BCUT2D eigenvalue weighted by Gasteiger charge is -2.33.